The van der Waals surface area contributed by atoms with Gasteiger partial charge < -0.3 is 15.2 Å². The smallest absolute Gasteiger partial charge is 0.187 e. The third-order valence-electron chi connectivity index (χ3n) is 2.96. The molecule has 7 heteroatoms. The van der Waals surface area contributed by atoms with E-state index < -0.39 is 5.97 Å². The molecule has 0 amide bonds. The Labute approximate surface area is 144 Å². The molecule has 0 saturated heterocycles. The second-order valence-corrected chi connectivity index (χ2v) is 6.04. The maximum atomic E-state index is 10.6. The van der Waals surface area contributed by atoms with E-state index in [0.717, 1.165) is 10.4 Å². The van der Waals surface area contributed by atoms with Gasteiger partial charge in [-0.15, -0.1) is 11.3 Å². The lowest BCUT2D eigenvalue weighted by Gasteiger charge is -2.09. The van der Waals surface area contributed by atoms with E-state index in [4.69, 9.17) is 12.2 Å². The van der Waals surface area contributed by atoms with Crippen molar-refractivity contribution in [2.24, 2.45) is 5.10 Å². The zero-order valence-electron chi connectivity index (χ0n) is 12.3. The highest BCUT2D eigenvalue weighted by molar-refractivity contribution is 7.80. The van der Waals surface area contributed by atoms with Crippen LogP contribution in [0.25, 0.3) is 0 Å². The van der Waals surface area contributed by atoms with Gasteiger partial charge in [-0.3, -0.25) is 5.43 Å². The van der Waals surface area contributed by atoms with Crippen molar-refractivity contribution in [2.75, 3.05) is 0 Å². The monoisotopic (exact) mass is 346 g/mol. The first-order valence-electron chi connectivity index (χ1n) is 7.03. The van der Waals surface area contributed by atoms with Gasteiger partial charge in [0.1, 0.15) is 0 Å². The Bertz CT molecular complexity index is 670. The number of nitrogens with one attached hydrogen (secondary N) is 2. The van der Waals surface area contributed by atoms with Gasteiger partial charge >= 0.3 is 0 Å². The molecule has 2 N–H and O–H groups in total. The fourth-order valence-electron chi connectivity index (χ4n) is 1.83. The largest absolute Gasteiger partial charge is 0.550 e. The van der Waals surface area contributed by atoms with E-state index in [9.17, 15) is 9.90 Å². The van der Waals surface area contributed by atoms with Gasteiger partial charge in [0.05, 0.1) is 10.6 Å². The average molecular weight is 346 g/mol. The highest BCUT2D eigenvalue weighted by atomic mass is 32.1. The lowest BCUT2D eigenvalue weighted by molar-refractivity contribution is -0.305. The Morgan fingerprint density at radius 2 is 1.96 bits per heavy atom. The number of thiophene rings is 1. The Kier molecular flexibility index (Phi) is 6.71. The Morgan fingerprint density at radius 1 is 1.17 bits per heavy atom. The number of thiocarbonyl (C=S) groups is 1. The average Bonchev–Trinajstić information content (AvgIpc) is 3.08. The van der Waals surface area contributed by atoms with Crippen molar-refractivity contribution in [1.29, 1.82) is 0 Å². The van der Waals surface area contributed by atoms with Crippen LogP contribution in [0.5, 0.6) is 0 Å². The third kappa shape index (κ3) is 6.17. The van der Waals surface area contributed by atoms with Crippen molar-refractivity contribution in [3.63, 3.8) is 0 Å². The van der Waals surface area contributed by atoms with Crippen LogP contribution < -0.4 is 15.8 Å². The molecule has 1 heterocycles. The number of carboxylic acids is 1. The molecule has 0 fully saturated rings. The molecule has 0 atom stereocenters. The Morgan fingerprint density at radius 3 is 2.61 bits per heavy atom. The molecular formula is C16H16N3O2S2-. The summed E-state index contributed by atoms with van der Waals surface area (Å²) < 4.78 is 0. The Hall–Kier alpha value is -2.25. The normalized spacial score (nSPS) is 11.0. The van der Waals surface area contributed by atoms with Crippen LogP contribution in [0.15, 0.2) is 52.9 Å². The van der Waals surface area contributed by atoms with Gasteiger partial charge in [-0.25, -0.2) is 0 Å². The van der Waals surface area contributed by atoms with Gasteiger partial charge in [0, 0.05) is 12.5 Å². The van der Waals surface area contributed by atoms with Gasteiger partial charge in [0.2, 0.25) is 0 Å². The molecule has 0 saturated carbocycles. The third-order valence-corrected chi connectivity index (χ3v) is 4.11. The number of hydrogen-bond donors (Lipinski definition) is 2. The number of carbonyl (C=O) groups is 1. The zero-order chi connectivity index (χ0) is 16.5. The summed E-state index contributed by atoms with van der Waals surface area (Å²) in [6.07, 6.45) is 0.208. The zero-order valence-corrected chi connectivity index (χ0v) is 14.0. The van der Waals surface area contributed by atoms with Gasteiger partial charge in [0.25, 0.3) is 0 Å². The van der Waals surface area contributed by atoms with Crippen LogP contribution in [0.3, 0.4) is 0 Å². The standard InChI is InChI=1S/C16H17N3O2S2/c20-15(21)9-8-13(14-7-4-10-23-14)18-19-16(22)17-11-12-5-2-1-3-6-12/h1-7,10H,8-9,11H2,(H,20,21)(H2,17,19,22)/p-1/b18-13-. The summed E-state index contributed by atoms with van der Waals surface area (Å²) in [5, 5.41) is 20.2. The fourth-order valence-corrected chi connectivity index (χ4v) is 2.70. The lowest BCUT2D eigenvalue weighted by Crippen LogP contribution is -2.32. The number of benzene rings is 1. The van der Waals surface area contributed by atoms with E-state index >= 15 is 0 Å². The molecule has 0 radical (unpaired) electrons. The fraction of sp³-hybridized carbons (Fsp3) is 0.188. The predicted octanol–water partition coefficient (Wildman–Crippen LogP) is 1.65. The molecule has 0 unspecified atom stereocenters. The minimum Gasteiger partial charge on any atom is -0.550 e. The molecule has 1 aromatic heterocycles. The molecule has 0 bridgehead atoms. The van der Waals surface area contributed by atoms with Crippen molar-refractivity contribution in [3.05, 3.63) is 58.3 Å². The van der Waals surface area contributed by atoms with Gasteiger partial charge in [-0.1, -0.05) is 36.4 Å². The summed E-state index contributed by atoms with van der Waals surface area (Å²) in [6, 6.07) is 13.6. The summed E-state index contributed by atoms with van der Waals surface area (Å²) in [4.78, 5) is 11.6. The molecule has 1 aromatic carbocycles. The molecule has 23 heavy (non-hydrogen) atoms. The number of carbonyl (C=O) groups excluding carboxylic acids is 1. The second kappa shape index (κ2) is 9.02. The summed E-state index contributed by atoms with van der Waals surface area (Å²) in [5.41, 5.74) is 4.52. The predicted molar refractivity (Wildman–Crippen MR) is 94.1 cm³/mol. The highest BCUT2D eigenvalue weighted by Crippen LogP contribution is 2.13. The van der Waals surface area contributed by atoms with Crippen LogP contribution >= 0.6 is 23.6 Å². The minimum atomic E-state index is -1.10. The molecule has 0 spiro atoms. The van der Waals surface area contributed by atoms with E-state index in [1.807, 2.05) is 47.8 Å². The van der Waals surface area contributed by atoms with Crippen LogP contribution in [0.1, 0.15) is 23.3 Å². The van der Waals surface area contributed by atoms with E-state index in [0.29, 0.717) is 17.4 Å². The van der Waals surface area contributed by atoms with Crippen LogP contribution in [0.4, 0.5) is 0 Å². The number of rotatable bonds is 7. The first-order valence-corrected chi connectivity index (χ1v) is 8.32. The highest BCUT2D eigenvalue weighted by Gasteiger charge is 2.06. The summed E-state index contributed by atoms with van der Waals surface area (Å²) in [5.74, 6) is -1.10. The number of carboxylic acid groups (broad SMARTS) is 1. The Balaban J connectivity index is 1.91. The topological polar surface area (TPSA) is 76.5 Å². The maximum absolute atomic E-state index is 10.6. The molecule has 5 nitrogen and oxygen atoms in total. The first kappa shape index (κ1) is 17.1. The van der Waals surface area contributed by atoms with E-state index in [1.54, 1.807) is 0 Å². The number of aliphatic carboxylic acids is 1. The number of nitrogens with zero attached hydrogens (tertiary/aromatic N) is 1. The molecule has 0 aliphatic carbocycles. The SMILES string of the molecule is O=C([O-])CC/C(=N/NC(=S)NCc1ccccc1)c1cccs1. The first-order chi connectivity index (χ1) is 11.1. The van der Waals surface area contributed by atoms with Crippen LogP contribution in [0, 0.1) is 0 Å². The summed E-state index contributed by atoms with van der Waals surface area (Å²) >= 11 is 6.68. The van der Waals surface area contributed by atoms with Crippen molar-refractivity contribution in [1.82, 2.24) is 10.7 Å². The molecule has 0 aliphatic rings. The molecule has 120 valence electrons. The van der Waals surface area contributed by atoms with E-state index in [-0.39, 0.29) is 12.8 Å². The van der Waals surface area contributed by atoms with E-state index in [1.165, 1.54) is 11.3 Å². The maximum Gasteiger partial charge on any atom is 0.187 e. The lowest BCUT2D eigenvalue weighted by atomic mass is 10.2. The second-order valence-electron chi connectivity index (χ2n) is 4.69. The molecule has 2 aromatic rings. The molecule has 2 rings (SSSR count). The number of hydrazone groups is 1. The van der Waals surface area contributed by atoms with Crippen molar-refractivity contribution >= 4 is 40.3 Å². The quantitative estimate of drug-likeness (QED) is 0.453. The summed E-state index contributed by atoms with van der Waals surface area (Å²) in [6.45, 7) is 0.593. The van der Waals surface area contributed by atoms with Crippen LogP contribution in [-0.4, -0.2) is 16.8 Å². The van der Waals surface area contributed by atoms with Gasteiger partial charge in [0.15, 0.2) is 5.11 Å². The minimum absolute atomic E-state index is 0.0807. The number of hydrogen-bond acceptors (Lipinski definition) is 5. The van der Waals surface area contributed by atoms with Crippen LogP contribution in [-0.2, 0) is 11.3 Å². The summed E-state index contributed by atoms with van der Waals surface area (Å²) in [7, 11) is 0. The van der Waals surface area contributed by atoms with E-state index in [2.05, 4.69) is 15.8 Å². The van der Waals surface area contributed by atoms with Crippen LogP contribution in [0.2, 0.25) is 0 Å². The van der Waals surface area contributed by atoms with Gasteiger partial charge in [-0.2, -0.15) is 5.10 Å². The van der Waals surface area contributed by atoms with Crippen molar-refractivity contribution in [3.8, 4) is 0 Å². The molecular weight excluding hydrogens is 330 g/mol. The van der Waals surface area contributed by atoms with Gasteiger partial charge in [-0.05, 0) is 42.1 Å². The molecule has 0 aliphatic heterocycles. The van der Waals surface area contributed by atoms with Crippen molar-refractivity contribution < 1.29 is 9.90 Å². The van der Waals surface area contributed by atoms with Crippen molar-refractivity contribution in [2.45, 2.75) is 19.4 Å².